The number of benzene rings is 3. The highest BCUT2D eigenvalue weighted by molar-refractivity contribution is 9.10. The Hall–Kier alpha value is -2.24. The van der Waals surface area contributed by atoms with E-state index in [1.807, 2.05) is 72.9 Å². The minimum absolute atomic E-state index is 0.601. The molecule has 0 amide bonds. The fourth-order valence-electron chi connectivity index (χ4n) is 2.48. The van der Waals surface area contributed by atoms with Crippen molar-refractivity contribution in [1.82, 2.24) is 4.98 Å². The molecule has 3 aromatic carbocycles. The Morgan fingerprint density at radius 2 is 1.68 bits per heavy atom. The van der Waals surface area contributed by atoms with Crippen molar-refractivity contribution >= 4 is 54.9 Å². The van der Waals surface area contributed by atoms with Gasteiger partial charge in [0, 0.05) is 20.7 Å². The number of hydrogen-bond acceptors (Lipinski definition) is 3. The molecule has 4 aromatic rings. The fraction of sp³-hybridized carbons (Fsp3) is 0. The second kappa shape index (κ2) is 6.94. The highest BCUT2D eigenvalue weighted by atomic mass is 79.9. The highest BCUT2D eigenvalue weighted by Gasteiger charge is 2.09. The molecule has 0 bridgehead atoms. The normalized spacial score (nSPS) is 11.4. The smallest absolute Gasteiger partial charge is 0.227 e. The molecule has 0 unspecified atom stereocenters. The van der Waals surface area contributed by atoms with Gasteiger partial charge >= 0.3 is 0 Å². The molecule has 25 heavy (non-hydrogen) atoms. The van der Waals surface area contributed by atoms with Gasteiger partial charge in [-0.2, -0.15) is 0 Å². The largest absolute Gasteiger partial charge is 0.436 e. The SMILES string of the molecule is Brc1cccc(C=Nc2ccc3oc(-c4cccc(Br)c4)nc3c2)c1. The Morgan fingerprint density at radius 3 is 2.48 bits per heavy atom. The molecule has 1 aromatic heterocycles. The van der Waals surface area contributed by atoms with E-state index in [9.17, 15) is 0 Å². The summed E-state index contributed by atoms with van der Waals surface area (Å²) in [6, 6.07) is 21.6. The van der Waals surface area contributed by atoms with E-state index in [1.165, 1.54) is 0 Å². The van der Waals surface area contributed by atoms with Crippen LogP contribution in [0.1, 0.15) is 5.56 Å². The van der Waals surface area contributed by atoms with Crippen molar-refractivity contribution in [1.29, 1.82) is 0 Å². The third kappa shape index (κ3) is 3.72. The summed E-state index contributed by atoms with van der Waals surface area (Å²) >= 11 is 6.93. The van der Waals surface area contributed by atoms with Gasteiger partial charge in [-0.25, -0.2) is 4.98 Å². The number of oxazole rings is 1. The maximum absolute atomic E-state index is 5.85. The molecule has 3 nitrogen and oxygen atoms in total. The minimum Gasteiger partial charge on any atom is -0.436 e. The molecular weight excluding hydrogens is 444 g/mol. The van der Waals surface area contributed by atoms with E-state index in [1.54, 1.807) is 0 Å². The number of rotatable bonds is 3. The van der Waals surface area contributed by atoms with E-state index < -0.39 is 0 Å². The summed E-state index contributed by atoms with van der Waals surface area (Å²) in [6.45, 7) is 0. The van der Waals surface area contributed by atoms with Crippen molar-refractivity contribution in [3.63, 3.8) is 0 Å². The zero-order valence-corrected chi connectivity index (χ0v) is 16.2. The first kappa shape index (κ1) is 16.2. The maximum Gasteiger partial charge on any atom is 0.227 e. The molecule has 0 aliphatic carbocycles. The lowest BCUT2D eigenvalue weighted by molar-refractivity contribution is 0.620. The first-order valence-electron chi connectivity index (χ1n) is 7.63. The van der Waals surface area contributed by atoms with Crippen LogP contribution in [-0.2, 0) is 0 Å². The Morgan fingerprint density at radius 1 is 0.880 bits per heavy atom. The first-order chi connectivity index (χ1) is 12.2. The molecule has 5 heteroatoms. The Bertz CT molecular complexity index is 1090. The molecule has 0 aliphatic heterocycles. The second-order valence-electron chi connectivity index (χ2n) is 5.49. The molecule has 0 N–H and O–H groups in total. The number of hydrogen-bond donors (Lipinski definition) is 0. The van der Waals surface area contributed by atoms with Crippen LogP contribution in [0.5, 0.6) is 0 Å². The predicted octanol–water partition coefficient (Wildman–Crippen LogP) is 6.77. The van der Waals surface area contributed by atoms with E-state index in [0.29, 0.717) is 5.89 Å². The summed E-state index contributed by atoms with van der Waals surface area (Å²) in [5.41, 5.74) is 4.34. The van der Waals surface area contributed by atoms with E-state index in [2.05, 4.69) is 41.8 Å². The van der Waals surface area contributed by atoms with Crippen LogP contribution in [0.25, 0.3) is 22.6 Å². The van der Waals surface area contributed by atoms with Crippen LogP contribution in [0.15, 0.2) is 85.1 Å². The van der Waals surface area contributed by atoms with Crippen LogP contribution in [0.3, 0.4) is 0 Å². The van der Waals surface area contributed by atoms with Gasteiger partial charge in [-0.15, -0.1) is 0 Å². The quantitative estimate of drug-likeness (QED) is 0.319. The zero-order chi connectivity index (χ0) is 17.2. The van der Waals surface area contributed by atoms with Crippen LogP contribution in [0, 0.1) is 0 Å². The van der Waals surface area contributed by atoms with Crippen molar-refractivity contribution in [3.8, 4) is 11.5 Å². The van der Waals surface area contributed by atoms with Gasteiger partial charge in [0.15, 0.2) is 5.58 Å². The first-order valence-corrected chi connectivity index (χ1v) is 9.22. The van der Waals surface area contributed by atoms with Crippen molar-refractivity contribution in [2.45, 2.75) is 0 Å². The second-order valence-corrected chi connectivity index (χ2v) is 7.33. The summed E-state index contributed by atoms with van der Waals surface area (Å²) in [6.07, 6.45) is 1.83. The van der Waals surface area contributed by atoms with Gasteiger partial charge in [0.1, 0.15) is 5.52 Å². The third-order valence-corrected chi connectivity index (χ3v) is 4.64. The lowest BCUT2D eigenvalue weighted by atomic mass is 10.2. The molecule has 0 saturated carbocycles. The summed E-state index contributed by atoms with van der Waals surface area (Å²) in [5, 5.41) is 0. The van der Waals surface area contributed by atoms with Gasteiger partial charge in [-0.05, 0) is 54.1 Å². The summed E-state index contributed by atoms with van der Waals surface area (Å²) in [7, 11) is 0. The van der Waals surface area contributed by atoms with Gasteiger partial charge < -0.3 is 4.42 Å². The molecular formula is C20H12Br2N2O. The number of fused-ring (bicyclic) bond motifs is 1. The Balaban J connectivity index is 1.66. The van der Waals surface area contributed by atoms with Crippen LogP contribution in [0.2, 0.25) is 0 Å². The molecule has 1 heterocycles. The fourth-order valence-corrected chi connectivity index (χ4v) is 3.29. The lowest BCUT2D eigenvalue weighted by Crippen LogP contribution is -1.79. The van der Waals surface area contributed by atoms with E-state index in [-0.39, 0.29) is 0 Å². The Kier molecular flexibility index (Phi) is 4.51. The van der Waals surface area contributed by atoms with Crippen molar-refractivity contribution in [2.75, 3.05) is 0 Å². The topological polar surface area (TPSA) is 38.4 Å². The van der Waals surface area contributed by atoms with Gasteiger partial charge in [0.05, 0.1) is 5.69 Å². The van der Waals surface area contributed by atoms with Gasteiger partial charge in [0.2, 0.25) is 5.89 Å². The molecule has 4 rings (SSSR count). The monoisotopic (exact) mass is 454 g/mol. The third-order valence-electron chi connectivity index (χ3n) is 3.65. The molecule has 0 spiro atoms. The van der Waals surface area contributed by atoms with Gasteiger partial charge in [-0.3, -0.25) is 4.99 Å². The van der Waals surface area contributed by atoms with Crippen molar-refractivity contribution in [2.24, 2.45) is 4.99 Å². The summed E-state index contributed by atoms with van der Waals surface area (Å²) < 4.78 is 7.87. The lowest BCUT2D eigenvalue weighted by Gasteiger charge is -1.95. The van der Waals surface area contributed by atoms with E-state index in [4.69, 9.17) is 4.42 Å². The summed E-state index contributed by atoms with van der Waals surface area (Å²) in [5.74, 6) is 0.601. The number of nitrogens with zero attached hydrogens (tertiary/aromatic N) is 2. The van der Waals surface area contributed by atoms with Gasteiger partial charge in [-0.1, -0.05) is 50.1 Å². The van der Waals surface area contributed by atoms with Crippen LogP contribution < -0.4 is 0 Å². The molecule has 0 fully saturated rings. The Labute approximate surface area is 161 Å². The summed E-state index contributed by atoms with van der Waals surface area (Å²) in [4.78, 5) is 9.11. The van der Waals surface area contributed by atoms with Gasteiger partial charge in [0.25, 0.3) is 0 Å². The number of aromatic nitrogens is 1. The van der Waals surface area contributed by atoms with Crippen LogP contribution >= 0.6 is 31.9 Å². The van der Waals surface area contributed by atoms with E-state index >= 15 is 0 Å². The molecule has 0 saturated heterocycles. The molecule has 122 valence electrons. The number of halogens is 2. The molecule has 0 radical (unpaired) electrons. The minimum atomic E-state index is 0.601. The standard InChI is InChI=1S/C20H12Br2N2O/c21-15-5-1-3-13(9-15)12-23-17-7-8-19-18(11-17)24-20(25-19)14-4-2-6-16(22)10-14/h1-12H. The molecule has 0 aliphatic rings. The zero-order valence-electron chi connectivity index (χ0n) is 13.0. The molecule has 0 atom stereocenters. The van der Waals surface area contributed by atoms with E-state index in [0.717, 1.165) is 36.9 Å². The average Bonchev–Trinajstić information content (AvgIpc) is 3.03. The number of aliphatic imine (C=N–C) groups is 1. The van der Waals surface area contributed by atoms with Crippen molar-refractivity contribution in [3.05, 3.63) is 81.2 Å². The van der Waals surface area contributed by atoms with Crippen LogP contribution in [0.4, 0.5) is 5.69 Å². The average molecular weight is 456 g/mol. The van der Waals surface area contributed by atoms with Crippen molar-refractivity contribution < 1.29 is 4.42 Å². The predicted molar refractivity (Wildman–Crippen MR) is 109 cm³/mol. The highest BCUT2D eigenvalue weighted by Crippen LogP contribution is 2.28. The maximum atomic E-state index is 5.85. The van der Waals surface area contributed by atoms with Crippen LogP contribution in [-0.4, -0.2) is 11.2 Å².